The minimum absolute atomic E-state index is 0.268. The van der Waals surface area contributed by atoms with Gasteiger partial charge >= 0.3 is 5.97 Å². The van der Waals surface area contributed by atoms with Crippen molar-refractivity contribution in [3.63, 3.8) is 0 Å². The lowest BCUT2D eigenvalue weighted by molar-refractivity contribution is -0.140. The second kappa shape index (κ2) is 15.6. The Kier molecular flexibility index (Phi) is 13.4. The molecule has 0 aromatic carbocycles. The Hall–Kier alpha value is -1.64. The Labute approximate surface area is 160 Å². The number of pyridine rings is 1. The van der Waals surface area contributed by atoms with Crippen LogP contribution in [0.4, 0.5) is 0 Å². The molecular formula is C23H37NO2. The summed E-state index contributed by atoms with van der Waals surface area (Å²) in [5, 5.41) is 0. The van der Waals surface area contributed by atoms with Gasteiger partial charge in [0.15, 0.2) is 0 Å². The van der Waals surface area contributed by atoms with E-state index < -0.39 is 0 Å². The lowest BCUT2D eigenvalue weighted by Gasteiger charge is -2.07. The zero-order valence-electron chi connectivity index (χ0n) is 16.7. The number of carbonyl (C=O) groups is 1. The monoisotopic (exact) mass is 359 g/mol. The van der Waals surface area contributed by atoms with E-state index in [4.69, 9.17) is 4.74 Å². The zero-order valence-corrected chi connectivity index (χ0v) is 16.7. The molecule has 0 aliphatic carbocycles. The third-order valence-electron chi connectivity index (χ3n) is 4.71. The fourth-order valence-corrected chi connectivity index (χ4v) is 3.02. The number of hydrogen-bond acceptors (Lipinski definition) is 3. The maximum Gasteiger partial charge on any atom is 0.333 e. The van der Waals surface area contributed by atoms with Crippen LogP contribution in [0.1, 0.15) is 96.0 Å². The molecule has 26 heavy (non-hydrogen) atoms. The molecule has 0 saturated carbocycles. The highest BCUT2D eigenvalue weighted by molar-refractivity contribution is 5.87. The van der Waals surface area contributed by atoms with Crippen molar-refractivity contribution in [2.45, 2.75) is 97.0 Å². The second-order valence-electron chi connectivity index (χ2n) is 7.18. The number of aromatic nitrogens is 1. The highest BCUT2D eigenvalue weighted by Gasteiger charge is 2.08. The number of esters is 1. The van der Waals surface area contributed by atoms with Crippen LogP contribution in [-0.4, -0.2) is 11.0 Å². The van der Waals surface area contributed by atoms with Crippen molar-refractivity contribution >= 4 is 5.97 Å². The lowest BCUT2D eigenvalue weighted by atomic mass is 10.0. The quantitative estimate of drug-likeness (QED) is 0.186. The van der Waals surface area contributed by atoms with Crippen molar-refractivity contribution in [1.82, 2.24) is 4.98 Å². The van der Waals surface area contributed by atoms with Gasteiger partial charge in [0, 0.05) is 23.5 Å². The number of hydrogen-bond donors (Lipinski definition) is 0. The van der Waals surface area contributed by atoms with Crippen molar-refractivity contribution in [3.05, 3.63) is 42.2 Å². The summed E-state index contributed by atoms with van der Waals surface area (Å²) in [6.07, 6.45) is 20.0. The highest BCUT2D eigenvalue weighted by Crippen LogP contribution is 2.14. The SMILES string of the molecule is C=C(CCCCCCCCCCCCCC)C(=O)OCc1cccnc1. The van der Waals surface area contributed by atoms with Gasteiger partial charge in [-0.3, -0.25) is 4.98 Å². The molecular weight excluding hydrogens is 322 g/mol. The predicted molar refractivity (Wildman–Crippen MR) is 109 cm³/mol. The summed E-state index contributed by atoms with van der Waals surface area (Å²) in [5.41, 5.74) is 1.49. The van der Waals surface area contributed by atoms with Gasteiger partial charge < -0.3 is 4.74 Å². The molecule has 0 aliphatic rings. The first-order chi connectivity index (χ1) is 12.7. The van der Waals surface area contributed by atoms with Crippen molar-refractivity contribution in [3.8, 4) is 0 Å². The summed E-state index contributed by atoms with van der Waals surface area (Å²) >= 11 is 0. The number of nitrogens with zero attached hydrogens (tertiary/aromatic N) is 1. The summed E-state index contributed by atoms with van der Waals surface area (Å²) < 4.78 is 5.27. The first kappa shape index (κ1) is 22.4. The van der Waals surface area contributed by atoms with Crippen LogP contribution in [0.3, 0.4) is 0 Å². The van der Waals surface area contributed by atoms with E-state index in [0.717, 1.165) is 18.4 Å². The van der Waals surface area contributed by atoms with Crippen LogP contribution in [0.25, 0.3) is 0 Å². The van der Waals surface area contributed by atoms with Crippen LogP contribution in [0.5, 0.6) is 0 Å². The van der Waals surface area contributed by atoms with Crippen molar-refractivity contribution in [1.29, 1.82) is 0 Å². The summed E-state index contributed by atoms with van der Waals surface area (Å²) in [5.74, 6) is -0.281. The largest absolute Gasteiger partial charge is 0.457 e. The zero-order chi connectivity index (χ0) is 18.9. The van der Waals surface area contributed by atoms with Crippen LogP contribution < -0.4 is 0 Å². The summed E-state index contributed by atoms with van der Waals surface area (Å²) in [4.78, 5) is 15.9. The maximum absolute atomic E-state index is 11.9. The molecule has 3 heteroatoms. The average Bonchev–Trinajstić information content (AvgIpc) is 2.67. The molecule has 1 rings (SSSR count). The number of unbranched alkanes of at least 4 members (excludes halogenated alkanes) is 11. The number of carbonyl (C=O) groups excluding carboxylic acids is 1. The molecule has 1 heterocycles. The Morgan fingerprint density at radius 3 is 2.08 bits per heavy atom. The molecule has 0 radical (unpaired) electrons. The first-order valence-corrected chi connectivity index (χ1v) is 10.5. The molecule has 1 aromatic rings. The molecule has 0 amide bonds. The topological polar surface area (TPSA) is 39.2 Å². The molecule has 0 atom stereocenters. The van der Waals surface area contributed by atoms with Gasteiger partial charge in [-0.05, 0) is 18.9 Å². The van der Waals surface area contributed by atoms with Crippen molar-refractivity contribution < 1.29 is 9.53 Å². The van der Waals surface area contributed by atoms with Crippen molar-refractivity contribution in [2.24, 2.45) is 0 Å². The fraction of sp³-hybridized carbons (Fsp3) is 0.652. The van der Waals surface area contributed by atoms with Crippen LogP contribution in [0, 0.1) is 0 Å². The van der Waals surface area contributed by atoms with Gasteiger partial charge in [-0.1, -0.05) is 90.2 Å². The Morgan fingerprint density at radius 2 is 1.54 bits per heavy atom. The summed E-state index contributed by atoms with van der Waals surface area (Å²) in [7, 11) is 0. The number of ether oxygens (including phenoxy) is 1. The van der Waals surface area contributed by atoms with E-state index in [0.29, 0.717) is 5.57 Å². The van der Waals surface area contributed by atoms with Gasteiger partial charge in [0.25, 0.3) is 0 Å². The Balaban J connectivity index is 1.90. The van der Waals surface area contributed by atoms with Gasteiger partial charge in [-0.15, -0.1) is 0 Å². The van der Waals surface area contributed by atoms with E-state index in [-0.39, 0.29) is 12.6 Å². The Morgan fingerprint density at radius 1 is 0.962 bits per heavy atom. The van der Waals surface area contributed by atoms with E-state index in [1.165, 1.54) is 70.6 Å². The average molecular weight is 360 g/mol. The van der Waals surface area contributed by atoms with E-state index >= 15 is 0 Å². The molecule has 0 N–H and O–H groups in total. The van der Waals surface area contributed by atoms with Gasteiger partial charge in [-0.2, -0.15) is 0 Å². The van der Waals surface area contributed by atoms with E-state index in [1.54, 1.807) is 12.4 Å². The van der Waals surface area contributed by atoms with Crippen LogP contribution in [-0.2, 0) is 16.1 Å². The van der Waals surface area contributed by atoms with Crippen LogP contribution >= 0.6 is 0 Å². The van der Waals surface area contributed by atoms with Gasteiger partial charge in [0.1, 0.15) is 6.61 Å². The fourth-order valence-electron chi connectivity index (χ4n) is 3.02. The molecule has 1 aromatic heterocycles. The van der Waals surface area contributed by atoms with Gasteiger partial charge in [0.05, 0.1) is 0 Å². The normalized spacial score (nSPS) is 10.7. The second-order valence-corrected chi connectivity index (χ2v) is 7.18. The molecule has 146 valence electrons. The highest BCUT2D eigenvalue weighted by atomic mass is 16.5. The third kappa shape index (κ3) is 11.8. The Bertz CT molecular complexity index is 484. The van der Waals surface area contributed by atoms with Gasteiger partial charge in [-0.25, -0.2) is 4.79 Å². The smallest absolute Gasteiger partial charge is 0.333 e. The lowest BCUT2D eigenvalue weighted by Crippen LogP contribution is -2.07. The molecule has 0 aliphatic heterocycles. The van der Waals surface area contributed by atoms with E-state index in [1.807, 2.05) is 12.1 Å². The molecule has 0 unspecified atom stereocenters. The van der Waals surface area contributed by atoms with Crippen LogP contribution in [0.15, 0.2) is 36.7 Å². The number of rotatable bonds is 16. The van der Waals surface area contributed by atoms with Gasteiger partial charge in [0.2, 0.25) is 0 Å². The summed E-state index contributed by atoms with van der Waals surface area (Å²) in [6, 6.07) is 3.73. The minimum atomic E-state index is -0.281. The third-order valence-corrected chi connectivity index (χ3v) is 4.71. The van der Waals surface area contributed by atoms with Crippen molar-refractivity contribution in [2.75, 3.05) is 0 Å². The first-order valence-electron chi connectivity index (χ1n) is 10.5. The van der Waals surface area contributed by atoms with Crippen LogP contribution in [0.2, 0.25) is 0 Å². The molecule has 0 spiro atoms. The van der Waals surface area contributed by atoms with E-state index in [9.17, 15) is 4.79 Å². The minimum Gasteiger partial charge on any atom is -0.457 e. The standard InChI is InChI=1S/C23H37NO2/c1-3-4-5-6-7-8-9-10-11-12-13-14-16-21(2)23(25)26-20-22-17-15-18-24-19-22/h15,17-19H,2-14,16,20H2,1H3. The van der Waals surface area contributed by atoms with E-state index in [2.05, 4.69) is 18.5 Å². The maximum atomic E-state index is 11.9. The molecule has 0 bridgehead atoms. The summed E-state index contributed by atoms with van der Waals surface area (Å²) in [6.45, 7) is 6.40. The molecule has 3 nitrogen and oxygen atoms in total. The molecule has 0 fully saturated rings. The molecule has 0 saturated heterocycles. The predicted octanol–water partition coefficient (Wildman–Crippen LogP) is 6.77.